The number of fused-ring (bicyclic) bond motifs is 1. The van der Waals surface area contributed by atoms with E-state index in [4.69, 9.17) is 19.9 Å². The third-order valence-corrected chi connectivity index (χ3v) is 5.15. The first-order valence-corrected chi connectivity index (χ1v) is 9.22. The Morgan fingerprint density at radius 2 is 1.81 bits per heavy atom. The number of hydrogen-bond donors (Lipinski definition) is 1. The molecule has 1 aliphatic carbocycles. The van der Waals surface area contributed by atoms with Crippen molar-refractivity contribution in [1.82, 2.24) is 0 Å². The molecule has 0 spiro atoms. The monoisotopic (exact) mass is 369 g/mol. The molecule has 0 heterocycles. The molecule has 2 N–H and O–H groups in total. The van der Waals surface area contributed by atoms with Gasteiger partial charge in [0.2, 0.25) is 0 Å². The van der Waals surface area contributed by atoms with E-state index in [9.17, 15) is 4.79 Å². The van der Waals surface area contributed by atoms with E-state index >= 15 is 0 Å². The second-order valence-electron chi connectivity index (χ2n) is 7.58. The van der Waals surface area contributed by atoms with Gasteiger partial charge in [0.05, 0.1) is 6.61 Å². The molecular weight excluding hydrogens is 342 g/mol. The summed E-state index contributed by atoms with van der Waals surface area (Å²) in [4.78, 5) is 11.4. The summed E-state index contributed by atoms with van der Waals surface area (Å²) in [5.74, 6) is 0.810. The Morgan fingerprint density at radius 1 is 1.11 bits per heavy atom. The Labute approximate surface area is 160 Å². The number of nitrogens with two attached hydrogens (primary N) is 1. The lowest BCUT2D eigenvalue weighted by molar-refractivity contribution is 0.0147. The van der Waals surface area contributed by atoms with Gasteiger partial charge in [-0.25, -0.2) is 4.79 Å². The van der Waals surface area contributed by atoms with Crippen molar-refractivity contribution in [3.8, 4) is 16.9 Å². The van der Waals surface area contributed by atoms with Crippen molar-refractivity contribution < 1.29 is 19.0 Å². The van der Waals surface area contributed by atoms with Crippen LogP contribution in [0.5, 0.6) is 5.75 Å². The van der Waals surface area contributed by atoms with Gasteiger partial charge in [-0.3, -0.25) is 0 Å². The van der Waals surface area contributed by atoms with Gasteiger partial charge in [0.1, 0.15) is 18.5 Å². The molecule has 1 amide bonds. The summed E-state index contributed by atoms with van der Waals surface area (Å²) in [6.45, 7) is 5.31. The van der Waals surface area contributed by atoms with Gasteiger partial charge in [0, 0.05) is 12.5 Å². The Kier molecular flexibility index (Phi) is 5.71. The van der Waals surface area contributed by atoms with E-state index in [1.165, 1.54) is 5.56 Å². The van der Waals surface area contributed by atoms with E-state index in [1.807, 2.05) is 24.3 Å². The van der Waals surface area contributed by atoms with Crippen LogP contribution >= 0.6 is 0 Å². The molecular formula is C22H27NO4. The number of rotatable bonds is 6. The number of amides is 1. The molecule has 0 fully saturated rings. The number of ether oxygens (including phenoxy) is 3. The highest BCUT2D eigenvalue weighted by molar-refractivity contribution is 5.68. The maximum absolute atomic E-state index is 11.4. The molecule has 0 saturated carbocycles. The van der Waals surface area contributed by atoms with Gasteiger partial charge in [-0.1, -0.05) is 38.1 Å². The lowest BCUT2D eigenvalue weighted by Gasteiger charge is -2.39. The molecule has 2 aromatic rings. The first kappa shape index (κ1) is 19.2. The topological polar surface area (TPSA) is 70.8 Å². The minimum atomic E-state index is -0.733. The van der Waals surface area contributed by atoms with E-state index in [1.54, 1.807) is 7.11 Å². The molecule has 1 aliphatic rings. The molecule has 0 saturated heterocycles. The van der Waals surface area contributed by atoms with Crippen LogP contribution in [0, 0.1) is 5.41 Å². The van der Waals surface area contributed by atoms with Crippen LogP contribution in [0.1, 0.15) is 37.5 Å². The minimum Gasteiger partial charge on any atom is -0.491 e. The molecule has 1 unspecified atom stereocenters. The molecule has 0 aliphatic heterocycles. The van der Waals surface area contributed by atoms with Gasteiger partial charge in [-0.05, 0) is 53.3 Å². The van der Waals surface area contributed by atoms with Gasteiger partial charge < -0.3 is 19.9 Å². The van der Waals surface area contributed by atoms with Crippen molar-refractivity contribution in [2.75, 3.05) is 20.3 Å². The van der Waals surface area contributed by atoms with Crippen molar-refractivity contribution >= 4 is 6.09 Å². The van der Waals surface area contributed by atoms with Crippen LogP contribution in [0.3, 0.4) is 0 Å². The number of methoxy groups -OCH3 is 1. The van der Waals surface area contributed by atoms with Crippen LogP contribution in [0.2, 0.25) is 0 Å². The summed E-state index contributed by atoms with van der Waals surface area (Å²) < 4.78 is 16.1. The molecule has 27 heavy (non-hydrogen) atoms. The predicted molar refractivity (Wildman–Crippen MR) is 105 cm³/mol. The zero-order valence-corrected chi connectivity index (χ0v) is 16.2. The summed E-state index contributed by atoms with van der Waals surface area (Å²) in [7, 11) is 1.65. The highest BCUT2D eigenvalue weighted by Gasteiger charge is 2.38. The fourth-order valence-corrected chi connectivity index (χ4v) is 3.58. The number of benzene rings is 2. The first-order chi connectivity index (χ1) is 12.9. The van der Waals surface area contributed by atoms with Crippen LogP contribution in [-0.2, 0) is 15.9 Å². The summed E-state index contributed by atoms with van der Waals surface area (Å²) in [6.07, 6.45) is 0.845. The Balaban J connectivity index is 1.87. The average molecular weight is 369 g/mol. The fourth-order valence-electron chi connectivity index (χ4n) is 3.58. The number of carbonyl (C=O) groups is 1. The zero-order valence-electron chi connectivity index (χ0n) is 16.2. The molecule has 144 valence electrons. The standard InChI is InChI=1S/C22H27NO4/c1-22(2)11-10-16-4-5-17(14-19(16)20(22)27-21(23)24)15-6-8-18(9-7-15)26-13-12-25-3/h4-9,14,20H,10-13H2,1-3H3,(H2,23,24). The van der Waals surface area contributed by atoms with E-state index in [0.717, 1.165) is 35.3 Å². The van der Waals surface area contributed by atoms with E-state index in [2.05, 4.69) is 32.0 Å². The normalized spacial score (nSPS) is 17.8. The van der Waals surface area contributed by atoms with Crippen molar-refractivity contribution in [2.45, 2.75) is 32.8 Å². The fraction of sp³-hybridized carbons (Fsp3) is 0.409. The Hall–Kier alpha value is -2.53. The van der Waals surface area contributed by atoms with E-state index in [-0.39, 0.29) is 11.5 Å². The van der Waals surface area contributed by atoms with Gasteiger partial charge in [0.15, 0.2) is 0 Å². The SMILES string of the molecule is COCCOc1ccc(-c2ccc3c(c2)C(OC(N)=O)C(C)(C)CC3)cc1. The highest BCUT2D eigenvalue weighted by Crippen LogP contribution is 2.46. The van der Waals surface area contributed by atoms with Crippen LogP contribution < -0.4 is 10.5 Å². The first-order valence-electron chi connectivity index (χ1n) is 9.22. The van der Waals surface area contributed by atoms with Gasteiger partial charge in [0.25, 0.3) is 0 Å². The lowest BCUT2D eigenvalue weighted by atomic mass is 9.71. The van der Waals surface area contributed by atoms with Crippen molar-refractivity contribution in [3.05, 3.63) is 53.6 Å². The third-order valence-electron chi connectivity index (χ3n) is 5.15. The number of hydrogen-bond acceptors (Lipinski definition) is 4. The summed E-state index contributed by atoms with van der Waals surface area (Å²) in [6, 6.07) is 14.3. The zero-order chi connectivity index (χ0) is 19.4. The number of aryl methyl sites for hydroxylation is 1. The summed E-state index contributed by atoms with van der Waals surface area (Å²) in [5, 5.41) is 0. The second-order valence-corrected chi connectivity index (χ2v) is 7.58. The molecule has 2 aromatic carbocycles. The van der Waals surface area contributed by atoms with Crippen LogP contribution in [0.15, 0.2) is 42.5 Å². The van der Waals surface area contributed by atoms with Gasteiger partial charge >= 0.3 is 6.09 Å². The van der Waals surface area contributed by atoms with Gasteiger partial charge in [-0.2, -0.15) is 0 Å². The van der Waals surface area contributed by atoms with Crippen molar-refractivity contribution in [2.24, 2.45) is 11.1 Å². The van der Waals surface area contributed by atoms with Crippen molar-refractivity contribution in [3.63, 3.8) is 0 Å². The molecule has 0 radical (unpaired) electrons. The predicted octanol–water partition coefficient (Wildman–Crippen LogP) is 4.49. The smallest absolute Gasteiger partial charge is 0.405 e. The number of primary amides is 1. The molecule has 3 rings (SSSR count). The minimum absolute atomic E-state index is 0.153. The van der Waals surface area contributed by atoms with Gasteiger partial charge in [-0.15, -0.1) is 0 Å². The van der Waals surface area contributed by atoms with E-state index in [0.29, 0.717) is 13.2 Å². The third kappa shape index (κ3) is 4.42. The average Bonchev–Trinajstić information content (AvgIpc) is 2.64. The highest BCUT2D eigenvalue weighted by atomic mass is 16.6. The summed E-state index contributed by atoms with van der Waals surface area (Å²) in [5.41, 5.74) is 9.59. The second kappa shape index (κ2) is 8.01. The molecule has 0 bridgehead atoms. The maximum atomic E-state index is 11.4. The molecule has 5 heteroatoms. The molecule has 5 nitrogen and oxygen atoms in total. The largest absolute Gasteiger partial charge is 0.491 e. The van der Waals surface area contributed by atoms with Crippen LogP contribution in [0.4, 0.5) is 4.79 Å². The Bertz CT molecular complexity index is 798. The quantitative estimate of drug-likeness (QED) is 0.762. The summed E-state index contributed by atoms with van der Waals surface area (Å²) >= 11 is 0. The van der Waals surface area contributed by atoms with Crippen LogP contribution in [0.25, 0.3) is 11.1 Å². The lowest BCUT2D eigenvalue weighted by Crippen LogP contribution is -2.33. The maximum Gasteiger partial charge on any atom is 0.405 e. The number of carbonyl (C=O) groups excluding carboxylic acids is 1. The molecule has 0 aromatic heterocycles. The van der Waals surface area contributed by atoms with Crippen molar-refractivity contribution in [1.29, 1.82) is 0 Å². The van der Waals surface area contributed by atoms with E-state index < -0.39 is 6.09 Å². The Morgan fingerprint density at radius 3 is 2.48 bits per heavy atom. The van der Waals surface area contributed by atoms with Crippen LogP contribution in [-0.4, -0.2) is 26.4 Å². The molecule has 1 atom stereocenters.